The molecule has 0 fully saturated rings. The van der Waals surface area contributed by atoms with Crippen LogP contribution in [0.3, 0.4) is 0 Å². The summed E-state index contributed by atoms with van der Waals surface area (Å²) in [5.41, 5.74) is 4.65. The van der Waals surface area contributed by atoms with Crippen LogP contribution in [-0.4, -0.2) is 17.4 Å². The zero-order valence-electron chi connectivity index (χ0n) is 15.1. The maximum atomic E-state index is 13.0. The molecule has 1 unspecified atom stereocenters. The summed E-state index contributed by atoms with van der Waals surface area (Å²) in [7, 11) is 0. The lowest BCUT2D eigenvalue weighted by Crippen LogP contribution is -2.40. The second-order valence-electron chi connectivity index (χ2n) is 7.32. The SMILES string of the molecule is Cc1cc2cc(CC(=O)N3CC(C)Cc4ccccc43)ccc2[nH]c1=O. The number of nitrogens with zero attached hydrogens (tertiary/aromatic N) is 1. The average molecular weight is 346 g/mol. The lowest BCUT2D eigenvalue weighted by atomic mass is 9.93. The molecule has 1 amide bonds. The molecule has 1 aromatic heterocycles. The molecular weight excluding hydrogens is 324 g/mol. The van der Waals surface area contributed by atoms with Gasteiger partial charge in [-0.15, -0.1) is 0 Å². The molecule has 0 aliphatic carbocycles. The van der Waals surface area contributed by atoms with Gasteiger partial charge in [0, 0.05) is 23.3 Å². The molecule has 3 aromatic rings. The number of hydrogen-bond donors (Lipinski definition) is 1. The Morgan fingerprint density at radius 3 is 2.85 bits per heavy atom. The molecule has 2 aromatic carbocycles. The van der Waals surface area contributed by atoms with Crippen LogP contribution < -0.4 is 10.5 Å². The van der Waals surface area contributed by atoms with Crippen molar-refractivity contribution in [1.29, 1.82) is 0 Å². The van der Waals surface area contributed by atoms with Crippen LogP contribution in [0.4, 0.5) is 5.69 Å². The van der Waals surface area contributed by atoms with Gasteiger partial charge in [-0.1, -0.05) is 31.2 Å². The zero-order chi connectivity index (χ0) is 18.3. The van der Waals surface area contributed by atoms with Gasteiger partial charge in [0.2, 0.25) is 5.91 Å². The quantitative estimate of drug-likeness (QED) is 0.771. The van der Waals surface area contributed by atoms with E-state index in [1.165, 1.54) is 5.56 Å². The van der Waals surface area contributed by atoms with Gasteiger partial charge in [-0.25, -0.2) is 0 Å². The third kappa shape index (κ3) is 3.03. The highest BCUT2D eigenvalue weighted by molar-refractivity contribution is 5.96. The van der Waals surface area contributed by atoms with Gasteiger partial charge < -0.3 is 9.88 Å². The number of pyridine rings is 1. The number of carbonyl (C=O) groups excluding carboxylic acids is 1. The first-order chi connectivity index (χ1) is 12.5. The third-order valence-electron chi connectivity index (χ3n) is 5.10. The molecule has 1 atom stereocenters. The van der Waals surface area contributed by atoms with E-state index in [9.17, 15) is 9.59 Å². The van der Waals surface area contributed by atoms with E-state index in [2.05, 4.69) is 18.0 Å². The number of para-hydroxylation sites is 1. The Labute approximate surface area is 152 Å². The number of rotatable bonds is 2. The van der Waals surface area contributed by atoms with Crippen LogP contribution in [-0.2, 0) is 17.6 Å². The van der Waals surface area contributed by atoms with Crippen LogP contribution in [0.5, 0.6) is 0 Å². The van der Waals surface area contributed by atoms with E-state index < -0.39 is 0 Å². The number of aromatic amines is 1. The Hall–Kier alpha value is -2.88. The normalized spacial score (nSPS) is 16.5. The minimum Gasteiger partial charge on any atom is -0.322 e. The maximum Gasteiger partial charge on any atom is 0.251 e. The van der Waals surface area contributed by atoms with Crippen molar-refractivity contribution in [2.45, 2.75) is 26.7 Å². The van der Waals surface area contributed by atoms with Gasteiger partial charge in [-0.05, 0) is 60.0 Å². The number of fused-ring (bicyclic) bond motifs is 2. The van der Waals surface area contributed by atoms with Crippen molar-refractivity contribution in [2.24, 2.45) is 5.92 Å². The van der Waals surface area contributed by atoms with Crippen molar-refractivity contribution >= 4 is 22.5 Å². The largest absolute Gasteiger partial charge is 0.322 e. The number of H-pyrrole nitrogens is 1. The molecule has 0 saturated heterocycles. The molecule has 0 bridgehead atoms. The molecule has 4 heteroatoms. The third-order valence-corrected chi connectivity index (χ3v) is 5.10. The fourth-order valence-corrected chi connectivity index (χ4v) is 3.78. The fourth-order valence-electron chi connectivity index (χ4n) is 3.78. The monoisotopic (exact) mass is 346 g/mol. The zero-order valence-corrected chi connectivity index (χ0v) is 15.1. The van der Waals surface area contributed by atoms with Crippen LogP contribution in [0.25, 0.3) is 10.9 Å². The molecule has 0 spiro atoms. The lowest BCUT2D eigenvalue weighted by Gasteiger charge is -2.33. The summed E-state index contributed by atoms with van der Waals surface area (Å²) in [6, 6.07) is 15.8. The molecule has 132 valence electrons. The Bertz CT molecular complexity index is 1050. The first-order valence-corrected chi connectivity index (χ1v) is 9.02. The van der Waals surface area contributed by atoms with E-state index >= 15 is 0 Å². The summed E-state index contributed by atoms with van der Waals surface area (Å²) in [5.74, 6) is 0.572. The molecule has 4 rings (SSSR count). The Kier molecular flexibility index (Phi) is 4.11. The van der Waals surface area contributed by atoms with Gasteiger partial charge in [0.1, 0.15) is 0 Å². The van der Waals surface area contributed by atoms with Crippen LogP contribution in [0.15, 0.2) is 53.3 Å². The van der Waals surface area contributed by atoms with Crippen molar-refractivity contribution in [1.82, 2.24) is 4.98 Å². The van der Waals surface area contributed by atoms with Crippen molar-refractivity contribution < 1.29 is 4.79 Å². The van der Waals surface area contributed by atoms with Crippen molar-refractivity contribution in [3.63, 3.8) is 0 Å². The molecule has 2 heterocycles. The summed E-state index contributed by atoms with van der Waals surface area (Å²) in [4.78, 5) is 29.5. The highest BCUT2D eigenvalue weighted by Crippen LogP contribution is 2.30. The Balaban J connectivity index is 1.63. The van der Waals surface area contributed by atoms with E-state index in [0.29, 0.717) is 17.9 Å². The number of amides is 1. The molecular formula is C22H22N2O2. The van der Waals surface area contributed by atoms with E-state index in [1.54, 1.807) is 6.92 Å². The number of nitrogens with one attached hydrogen (secondary N) is 1. The summed E-state index contributed by atoms with van der Waals surface area (Å²) in [5, 5.41) is 0.958. The number of aromatic nitrogens is 1. The van der Waals surface area contributed by atoms with E-state index in [4.69, 9.17) is 0 Å². The van der Waals surface area contributed by atoms with Crippen LogP contribution in [0.1, 0.15) is 23.6 Å². The van der Waals surface area contributed by atoms with E-state index in [0.717, 1.165) is 35.1 Å². The second-order valence-corrected chi connectivity index (χ2v) is 7.32. The van der Waals surface area contributed by atoms with Crippen LogP contribution >= 0.6 is 0 Å². The maximum absolute atomic E-state index is 13.0. The molecule has 1 aliphatic rings. The van der Waals surface area contributed by atoms with Crippen LogP contribution in [0, 0.1) is 12.8 Å². The molecule has 0 saturated carbocycles. The molecule has 0 radical (unpaired) electrons. The van der Waals surface area contributed by atoms with E-state index in [-0.39, 0.29) is 11.5 Å². The Morgan fingerprint density at radius 2 is 2.00 bits per heavy atom. The van der Waals surface area contributed by atoms with Gasteiger partial charge in [0.25, 0.3) is 5.56 Å². The predicted octanol–water partition coefficient (Wildman–Crippen LogP) is 3.60. The van der Waals surface area contributed by atoms with Gasteiger partial charge >= 0.3 is 0 Å². The van der Waals surface area contributed by atoms with Crippen molar-refractivity contribution in [3.8, 4) is 0 Å². The topological polar surface area (TPSA) is 53.2 Å². The van der Waals surface area contributed by atoms with Gasteiger partial charge in [-0.3, -0.25) is 9.59 Å². The first kappa shape index (κ1) is 16.6. The summed E-state index contributed by atoms with van der Waals surface area (Å²) < 4.78 is 0. The summed E-state index contributed by atoms with van der Waals surface area (Å²) >= 11 is 0. The fraction of sp³-hybridized carbons (Fsp3) is 0.273. The Morgan fingerprint density at radius 1 is 1.19 bits per heavy atom. The second kappa shape index (κ2) is 6.45. The highest BCUT2D eigenvalue weighted by Gasteiger charge is 2.26. The molecule has 1 aliphatic heterocycles. The number of hydrogen-bond acceptors (Lipinski definition) is 2. The number of benzene rings is 2. The molecule has 26 heavy (non-hydrogen) atoms. The average Bonchev–Trinajstić information content (AvgIpc) is 2.62. The molecule has 1 N–H and O–H groups in total. The highest BCUT2D eigenvalue weighted by atomic mass is 16.2. The van der Waals surface area contributed by atoms with Gasteiger partial charge in [-0.2, -0.15) is 0 Å². The summed E-state index contributed by atoms with van der Waals surface area (Å²) in [6.45, 7) is 4.74. The standard InChI is InChI=1S/C22H22N2O2/c1-14-9-17-5-3-4-6-20(17)24(13-14)21(25)12-16-7-8-19-18(11-16)10-15(2)22(26)23-19/h3-8,10-11,14H,9,12-13H2,1-2H3,(H,23,26). The minimum atomic E-state index is -0.0692. The van der Waals surface area contributed by atoms with Crippen molar-refractivity contribution in [3.05, 3.63) is 75.6 Å². The van der Waals surface area contributed by atoms with Gasteiger partial charge in [0.05, 0.1) is 6.42 Å². The summed E-state index contributed by atoms with van der Waals surface area (Å²) in [6.07, 6.45) is 1.37. The minimum absolute atomic E-state index is 0.0692. The predicted molar refractivity (Wildman–Crippen MR) is 105 cm³/mol. The lowest BCUT2D eigenvalue weighted by molar-refractivity contribution is -0.118. The number of anilines is 1. The van der Waals surface area contributed by atoms with Crippen molar-refractivity contribution in [2.75, 3.05) is 11.4 Å². The molecule has 4 nitrogen and oxygen atoms in total. The number of carbonyl (C=O) groups is 1. The smallest absolute Gasteiger partial charge is 0.251 e. The van der Waals surface area contributed by atoms with Crippen LogP contribution in [0.2, 0.25) is 0 Å². The van der Waals surface area contributed by atoms with E-state index in [1.807, 2.05) is 47.4 Å². The van der Waals surface area contributed by atoms with Gasteiger partial charge in [0.15, 0.2) is 0 Å². The number of aryl methyl sites for hydroxylation is 1. The first-order valence-electron chi connectivity index (χ1n) is 9.02.